The first-order valence-electron chi connectivity index (χ1n) is 5.84. The molecule has 5 nitrogen and oxygen atoms in total. The normalized spacial score (nSPS) is 13.0. The molecule has 2 heterocycles. The number of nitrogens with zero attached hydrogens (tertiary/aromatic N) is 2. The Morgan fingerprint density at radius 3 is 3.00 bits per heavy atom. The maximum Gasteiger partial charge on any atom is 0.231 e. The predicted octanol–water partition coefficient (Wildman–Crippen LogP) is 1.54. The van der Waals surface area contributed by atoms with Crippen LogP contribution in [0.1, 0.15) is 5.69 Å². The van der Waals surface area contributed by atoms with E-state index in [0.717, 1.165) is 35.0 Å². The van der Waals surface area contributed by atoms with Crippen LogP contribution < -0.4 is 14.8 Å². The van der Waals surface area contributed by atoms with Crippen LogP contribution in [0.5, 0.6) is 11.5 Å². The summed E-state index contributed by atoms with van der Waals surface area (Å²) in [5.41, 5.74) is 3.21. The molecule has 0 spiro atoms. The Kier molecular flexibility index (Phi) is 2.68. The van der Waals surface area contributed by atoms with Gasteiger partial charge in [0.15, 0.2) is 11.5 Å². The number of ether oxygens (including phenoxy) is 2. The molecule has 0 amide bonds. The van der Waals surface area contributed by atoms with Gasteiger partial charge in [0, 0.05) is 19.2 Å². The Balaban J connectivity index is 2.06. The van der Waals surface area contributed by atoms with Crippen LogP contribution in [0.15, 0.2) is 24.5 Å². The third kappa shape index (κ3) is 1.73. The van der Waals surface area contributed by atoms with Crippen molar-refractivity contribution in [1.29, 1.82) is 0 Å². The standard InChI is InChI=1S/C13H15N3O2/c1-14-6-10-13(16(2)7-15-10)9-3-4-11-12(5-9)18-8-17-11/h3-5,7,14H,6,8H2,1-2H3. The average Bonchev–Trinajstić information content (AvgIpc) is 2.96. The molecule has 0 saturated heterocycles. The Hall–Kier alpha value is -2.01. The number of aryl methyl sites for hydroxylation is 1. The molecule has 2 aromatic rings. The fourth-order valence-electron chi connectivity index (χ4n) is 2.19. The van der Waals surface area contributed by atoms with Crippen LogP contribution >= 0.6 is 0 Å². The fraction of sp³-hybridized carbons (Fsp3) is 0.308. The van der Waals surface area contributed by atoms with Crippen LogP contribution in [0.25, 0.3) is 11.3 Å². The van der Waals surface area contributed by atoms with Gasteiger partial charge in [0.25, 0.3) is 0 Å². The first-order valence-corrected chi connectivity index (χ1v) is 5.84. The minimum Gasteiger partial charge on any atom is -0.454 e. The van der Waals surface area contributed by atoms with Gasteiger partial charge < -0.3 is 19.4 Å². The van der Waals surface area contributed by atoms with Gasteiger partial charge in [0.1, 0.15) is 0 Å². The van der Waals surface area contributed by atoms with Crippen LogP contribution in [0.3, 0.4) is 0 Å². The summed E-state index contributed by atoms with van der Waals surface area (Å²) in [6.45, 7) is 1.04. The Morgan fingerprint density at radius 1 is 1.33 bits per heavy atom. The molecule has 1 aliphatic heterocycles. The van der Waals surface area contributed by atoms with Crippen molar-refractivity contribution in [1.82, 2.24) is 14.9 Å². The topological polar surface area (TPSA) is 48.3 Å². The van der Waals surface area contributed by atoms with Crippen LogP contribution in [-0.4, -0.2) is 23.4 Å². The minimum atomic E-state index is 0.299. The summed E-state index contributed by atoms with van der Waals surface area (Å²) in [6, 6.07) is 5.97. The molecule has 18 heavy (non-hydrogen) atoms. The van der Waals surface area contributed by atoms with Crippen molar-refractivity contribution >= 4 is 0 Å². The van der Waals surface area contributed by atoms with E-state index in [1.807, 2.05) is 43.2 Å². The second-order valence-electron chi connectivity index (χ2n) is 4.25. The molecule has 1 aromatic heterocycles. The molecule has 94 valence electrons. The molecule has 1 aliphatic rings. The lowest BCUT2D eigenvalue weighted by molar-refractivity contribution is 0.174. The highest BCUT2D eigenvalue weighted by atomic mass is 16.7. The Bertz CT molecular complexity index is 578. The lowest BCUT2D eigenvalue weighted by Gasteiger charge is -2.07. The highest BCUT2D eigenvalue weighted by Gasteiger charge is 2.17. The van der Waals surface area contributed by atoms with Gasteiger partial charge in [0.2, 0.25) is 6.79 Å². The summed E-state index contributed by atoms with van der Waals surface area (Å²) in [4.78, 5) is 4.40. The van der Waals surface area contributed by atoms with E-state index in [0.29, 0.717) is 6.79 Å². The van der Waals surface area contributed by atoms with Crippen molar-refractivity contribution in [2.75, 3.05) is 13.8 Å². The molecule has 0 fully saturated rings. The Labute approximate surface area is 105 Å². The van der Waals surface area contributed by atoms with Crippen molar-refractivity contribution in [3.05, 3.63) is 30.2 Å². The first-order chi connectivity index (χ1) is 8.79. The van der Waals surface area contributed by atoms with Crippen molar-refractivity contribution in [2.45, 2.75) is 6.54 Å². The van der Waals surface area contributed by atoms with Crippen molar-refractivity contribution < 1.29 is 9.47 Å². The summed E-state index contributed by atoms with van der Waals surface area (Å²) in [5.74, 6) is 1.60. The summed E-state index contributed by atoms with van der Waals surface area (Å²) >= 11 is 0. The van der Waals surface area contributed by atoms with Gasteiger partial charge in [-0.25, -0.2) is 4.98 Å². The van der Waals surface area contributed by atoms with Crippen LogP contribution in [0.2, 0.25) is 0 Å². The lowest BCUT2D eigenvalue weighted by atomic mass is 10.1. The van der Waals surface area contributed by atoms with Gasteiger partial charge in [0.05, 0.1) is 17.7 Å². The highest BCUT2D eigenvalue weighted by Crippen LogP contribution is 2.36. The second kappa shape index (κ2) is 4.34. The maximum absolute atomic E-state index is 5.41. The zero-order valence-corrected chi connectivity index (χ0v) is 10.4. The second-order valence-corrected chi connectivity index (χ2v) is 4.25. The number of benzene rings is 1. The molecule has 1 N–H and O–H groups in total. The molecule has 0 saturated carbocycles. The zero-order valence-electron chi connectivity index (χ0n) is 10.4. The van der Waals surface area contributed by atoms with Crippen LogP contribution in [0, 0.1) is 0 Å². The molecule has 3 rings (SSSR count). The van der Waals surface area contributed by atoms with Gasteiger partial charge in [-0.3, -0.25) is 0 Å². The van der Waals surface area contributed by atoms with Gasteiger partial charge in [-0.05, 0) is 25.2 Å². The van der Waals surface area contributed by atoms with Crippen LogP contribution in [0.4, 0.5) is 0 Å². The smallest absolute Gasteiger partial charge is 0.231 e. The number of hydrogen-bond donors (Lipinski definition) is 1. The van der Waals surface area contributed by atoms with Gasteiger partial charge in [-0.15, -0.1) is 0 Å². The lowest BCUT2D eigenvalue weighted by Crippen LogP contribution is -2.07. The fourth-order valence-corrected chi connectivity index (χ4v) is 2.19. The largest absolute Gasteiger partial charge is 0.454 e. The van der Waals surface area contributed by atoms with E-state index in [9.17, 15) is 0 Å². The average molecular weight is 245 g/mol. The molecule has 0 atom stereocenters. The number of hydrogen-bond acceptors (Lipinski definition) is 4. The Morgan fingerprint density at radius 2 is 2.17 bits per heavy atom. The van der Waals surface area contributed by atoms with E-state index in [4.69, 9.17) is 9.47 Å². The van der Waals surface area contributed by atoms with Crippen molar-refractivity contribution in [3.8, 4) is 22.8 Å². The summed E-state index contributed by atoms with van der Waals surface area (Å²) in [6.07, 6.45) is 1.83. The number of rotatable bonds is 3. The predicted molar refractivity (Wildman–Crippen MR) is 67.5 cm³/mol. The van der Waals surface area contributed by atoms with E-state index in [2.05, 4.69) is 10.3 Å². The first kappa shape index (κ1) is 11.1. The number of imidazole rings is 1. The van der Waals surface area contributed by atoms with E-state index in [1.54, 1.807) is 0 Å². The number of aromatic nitrogens is 2. The molecular formula is C13H15N3O2. The minimum absolute atomic E-state index is 0.299. The maximum atomic E-state index is 5.41. The number of nitrogens with one attached hydrogen (secondary N) is 1. The van der Waals surface area contributed by atoms with Crippen molar-refractivity contribution in [3.63, 3.8) is 0 Å². The van der Waals surface area contributed by atoms with Gasteiger partial charge >= 0.3 is 0 Å². The summed E-state index contributed by atoms with van der Waals surface area (Å²) in [5, 5.41) is 3.13. The SMILES string of the molecule is CNCc1ncn(C)c1-c1ccc2c(c1)OCO2. The van der Waals surface area contributed by atoms with E-state index in [1.165, 1.54) is 0 Å². The van der Waals surface area contributed by atoms with E-state index in [-0.39, 0.29) is 0 Å². The molecule has 0 bridgehead atoms. The third-order valence-corrected chi connectivity index (χ3v) is 3.00. The summed E-state index contributed by atoms with van der Waals surface area (Å²) in [7, 11) is 3.91. The zero-order chi connectivity index (χ0) is 12.5. The molecule has 1 aromatic carbocycles. The van der Waals surface area contributed by atoms with E-state index < -0.39 is 0 Å². The van der Waals surface area contributed by atoms with Gasteiger partial charge in [-0.2, -0.15) is 0 Å². The molecule has 5 heteroatoms. The van der Waals surface area contributed by atoms with Gasteiger partial charge in [-0.1, -0.05) is 0 Å². The quantitative estimate of drug-likeness (QED) is 0.891. The van der Waals surface area contributed by atoms with Crippen LogP contribution in [-0.2, 0) is 13.6 Å². The monoisotopic (exact) mass is 245 g/mol. The molecule has 0 aliphatic carbocycles. The molecule has 0 radical (unpaired) electrons. The third-order valence-electron chi connectivity index (χ3n) is 3.00. The number of fused-ring (bicyclic) bond motifs is 1. The highest BCUT2D eigenvalue weighted by molar-refractivity contribution is 5.66. The molecular weight excluding hydrogens is 230 g/mol. The molecule has 0 unspecified atom stereocenters. The summed E-state index contributed by atoms with van der Waals surface area (Å²) < 4.78 is 12.7. The van der Waals surface area contributed by atoms with E-state index >= 15 is 0 Å². The van der Waals surface area contributed by atoms with Crippen molar-refractivity contribution in [2.24, 2.45) is 7.05 Å².